The summed E-state index contributed by atoms with van der Waals surface area (Å²) in [5.41, 5.74) is 5.51. The zero-order chi connectivity index (χ0) is 21.9. The lowest BCUT2D eigenvalue weighted by molar-refractivity contribution is -0.136. The summed E-state index contributed by atoms with van der Waals surface area (Å²) in [5.74, 6) is -0.844. The molecule has 0 bridgehead atoms. The van der Waals surface area contributed by atoms with E-state index in [2.05, 4.69) is 30.2 Å². The maximum atomic E-state index is 13.0. The predicted octanol–water partition coefficient (Wildman–Crippen LogP) is 3.19. The molecule has 3 amide bonds. The third kappa shape index (κ3) is 3.18. The molecule has 0 spiro atoms. The van der Waals surface area contributed by atoms with E-state index < -0.39 is 11.9 Å². The molecule has 1 unspecified atom stereocenters. The van der Waals surface area contributed by atoms with Crippen LogP contribution < -0.4 is 5.32 Å². The molecule has 2 aromatic heterocycles. The van der Waals surface area contributed by atoms with E-state index in [1.165, 1.54) is 15.3 Å². The monoisotopic (exact) mass is 434 g/mol. The van der Waals surface area contributed by atoms with E-state index >= 15 is 0 Å². The Balaban J connectivity index is 1.50. The fraction of sp³-hybridized carbons (Fsp3) is 0.304. The van der Waals surface area contributed by atoms with Crippen LogP contribution in [0.2, 0.25) is 0 Å². The van der Waals surface area contributed by atoms with Gasteiger partial charge in [-0.2, -0.15) is 0 Å². The van der Waals surface area contributed by atoms with Crippen molar-refractivity contribution in [2.45, 2.75) is 39.3 Å². The molecule has 4 heterocycles. The Bertz CT molecular complexity index is 1260. The number of aromatic nitrogens is 2. The summed E-state index contributed by atoms with van der Waals surface area (Å²) in [4.78, 5) is 45.4. The molecular weight excluding hydrogens is 412 g/mol. The van der Waals surface area contributed by atoms with Gasteiger partial charge in [0.25, 0.3) is 5.91 Å². The number of aryl methyl sites for hydroxylation is 3. The predicted molar refractivity (Wildman–Crippen MR) is 117 cm³/mol. The summed E-state index contributed by atoms with van der Waals surface area (Å²) in [5, 5.41) is 2.34. The molecule has 1 N–H and O–H groups in total. The van der Waals surface area contributed by atoms with Gasteiger partial charge in [0.15, 0.2) is 0 Å². The molecule has 2 aliphatic heterocycles. The normalized spacial score (nSPS) is 18.5. The summed E-state index contributed by atoms with van der Waals surface area (Å²) in [6.45, 7) is 4.57. The van der Waals surface area contributed by atoms with Gasteiger partial charge in [0.2, 0.25) is 11.8 Å². The summed E-state index contributed by atoms with van der Waals surface area (Å²) in [6.07, 6.45) is 2.42. The van der Waals surface area contributed by atoms with Gasteiger partial charge in [-0.15, -0.1) is 11.3 Å². The minimum Gasteiger partial charge on any atom is -0.333 e. The van der Waals surface area contributed by atoms with Crippen molar-refractivity contribution in [3.05, 3.63) is 51.5 Å². The Morgan fingerprint density at radius 3 is 2.65 bits per heavy atom. The van der Waals surface area contributed by atoms with Gasteiger partial charge >= 0.3 is 0 Å². The molecule has 8 heteroatoms. The van der Waals surface area contributed by atoms with E-state index in [-0.39, 0.29) is 18.2 Å². The quantitative estimate of drug-likeness (QED) is 0.642. The van der Waals surface area contributed by atoms with E-state index in [1.54, 1.807) is 16.2 Å². The molecule has 3 aromatic rings. The Morgan fingerprint density at radius 1 is 1.13 bits per heavy atom. The number of nitrogens with one attached hydrogen (secondary N) is 1. The number of benzene rings is 1. The van der Waals surface area contributed by atoms with Gasteiger partial charge in [-0.1, -0.05) is 6.07 Å². The number of rotatable bonds is 3. The molecule has 0 saturated carbocycles. The zero-order valence-electron chi connectivity index (χ0n) is 17.6. The molecular formula is C23H22N4O3S. The van der Waals surface area contributed by atoms with Crippen molar-refractivity contribution in [2.75, 3.05) is 0 Å². The lowest BCUT2D eigenvalue weighted by Crippen LogP contribution is -2.52. The number of amides is 3. The average Bonchev–Trinajstić information content (AvgIpc) is 3.36. The molecule has 158 valence electrons. The number of imide groups is 1. The van der Waals surface area contributed by atoms with Crippen molar-refractivity contribution in [2.24, 2.45) is 7.05 Å². The molecule has 0 aliphatic carbocycles. The van der Waals surface area contributed by atoms with Crippen LogP contribution in [0.25, 0.3) is 22.5 Å². The molecule has 31 heavy (non-hydrogen) atoms. The maximum Gasteiger partial charge on any atom is 0.255 e. The highest BCUT2D eigenvalue weighted by molar-refractivity contribution is 7.12. The second-order valence-electron chi connectivity index (χ2n) is 8.15. The van der Waals surface area contributed by atoms with E-state index in [1.807, 2.05) is 36.1 Å². The van der Waals surface area contributed by atoms with Gasteiger partial charge in [0.1, 0.15) is 6.04 Å². The largest absolute Gasteiger partial charge is 0.333 e. The van der Waals surface area contributed by atoms with E-state index in [9.17, 15) is 14.4 Å². The number of thiophene rings is 1. The van der Waals surface area contributed by atoms with Crippen LogP contribution in [-0.2, 0) is 23.2 Å². The van der Waals surface area contributed by atoms with Gasteiger partial charge < -0.3 is 9.47 Å². The van der Waals surface area contributed by atoms with Crippen LogP contribution in [0, 0.1) is 13.8 Å². The standard InChI is InChI=1S/C23H22N4O3S/c1-12-8-17(13(2)31-12)21-20(24-11-26(21)3)14-4-5-16-15(9-14)10-27(23(16)30)18-6-7-19(28)25-22(18)29/h4-5,8-9,11,18H,6-7,10H2,1-3H3,(H,25,28,29). The minimum atomic E-state index is -0.608. The second-order valence-corrected chi connectivity index (χ2v) is 9.61. The van der Waals surface area contributed by atoms with Crippen LogP contribution in [0.15, 0.2) is 30.6 Å². The highest BCUT2D eigenvalue weighted by atomic mass is 32.1. The molecule has 1 aromatic carbocycles. The van der Waals surface area contributed by atoms with Gasteiger partial charge in [0, 0.05) is 46.5 Å². The smallest absolute Gasteiger partial charge is 0.255 e. The summed E-state index contributed by atoms with van der Waals surface area (Å²) >= 11 is 1.76. The fourth-order valence-electron chi connectivity index (χ4n) is 4.55. The average molecular weight is 435 g/mol. The Hall–Kier alpha value is -3.26. The van der Waals surface area contributed by atoms with E-state index in [0.29, 0.717) is 18.5 Å². The van der Waals surface area contributed by atoms with Crippen molar-refractivity contribution in [3.8, 4) is 22.5 Å². The first-order valence-electron chi connectivity index (χ1n) is 10.2. The summed E-state index contributed by atoms with van der Waals surface area (Å²) in [7, 11) is 1.99. The van der Waals surface area contributed by atoms with Crippen molar-refractivity contribution >= 4 is 29.1 Å². The Labute approximate surface area is 183 Å². The van der Waals surface area contributed by atoms with Gasteiger partial charge in [0.05, 0.1) is 17.7 Å². The fourth-order valence-corrected chi connectivity index (χ4v) is 5.47. The first kappa shape index (κ1) is 19.7. The summed E-state index contributed by atoms with van der Waals surface area (Å²) in [6, 6.07) is 7.32. The highest BCUT2D eigenvalue weighted by Crippen LogP contribution is 2.38. The molecule has 7 nitrogen and oxygen atoms in total. The first-order chi connectivity index (χ1) is 14.8. The van der Waals surface area contributed by atoms with Crippen LogP contribution in [0.1, 0.15) is 38.5 Å². The van der Waals surface area contributed by atoms with Gasteiger partial charge in [-0.25, -0.2) is 4.98 Å². The number of carbonyl (C=O) groups excluding carboxylic acids is 3. The number of hydrogen-bond acceptors (Lipinski definition) is 5. The van der Waals surface area contributed by atoms with Gasteiger partial charge in [-0.3, -0.25) is 19.7 Å². The number of piperidine rings is 1. The highest BCUT2D eigenvalue weighted by Gasteiger charge is 2.39. The van der Waals surface area contributed by atoms with Crippen molar-refractivity contribution in [1.82, 2.24) is 19.8 Å². The van der Waals surface area contributed by atoms with Crippen LogP contribution in [-0.4, -0.2) is 38.2 Å². The molecule has 5 rings (SSSR count). The summed E-state index contributed by atoms with van der Waals surface area (Å²) < 4.78 is 2.03. The Morgan fingerprint density at radius 2 is 1.94 bits per heavy atom. The molecule has 1 atom stereocenters. The van der Waals surface area contributed by atoms with Crippen LogP contribution in [0.4, 0.5) is 0 Å². The lowest BCUT2D eigenvalue weighted by Gasteiger charge is -2.29. The number of nitrogens with zero attached hydrogens (tertiary/aromatic N) is 3. The maximum absolute atomic E-state index is 13.0. The Kier molecular flexibility index (Phi) is 4.55. The lowest BCUT2D eigenvalue weighted by atomic mass is 10.0. The number of imidazole rings is 1. The van der Waals surface area contributed by atoms with Gasteiger partial charge in [-0.05, 0) is 44.0 Å². The first-order valence-corrected chi connectivity index (χ1v) is 11.0. The van der Waals surface area contributed by atoms with Crippen molar-refractivity contribution < 1.29 is 14.4 Å². The molecule has 2 aliphatic rings. The van der Waals surface area contributed by atoms with E-state index in [4.69, 9.17) is 0 Å². The third-order valence-corrected chi connectivity index (χ3v) is 7.00. The molecule has 1 saturated heterocycles. The molecule has 0 radical (unpaired) electrons. The minimum absolute atomic E-state index is 0.165. The van der Waals surface area contributed by atoms with Crippen LogP contribution in [0.5, 0.6) is 0 Å². The SMILES string of the molecule is Cc1cc(-c2c(-c3ccc4c(c3)CN(C3CCC(=O)NC3=O)C4=O)ncn2C)c(C)s1. The third-order valence-electron chi connectivity index (χ3n) is 6.03. The van der Waals surface area contributed by atoms with Crippen LogP contribution >= 0.6 is 11.3 Å². The zero-order valence-corrected chi connectivity index (χ0v) is 18.4. The van der Waals surface area contributed by atoms with Crippen molar-refractivity contribution in [1.29, 1.82) is 0 Å². The number of carbonyl (C=O) groups is 3. The number of fused-ring (bicyclic) bond motifs is 1. The topological polar surface area (TPSA) is 84.3 Å². The van der Waals surface area contributed by atoms with Crippen LogP contribution in [0.3, 0.4) is 0 Å². The van der Waals surface area contributed by atoms with Crippen molar-refractivity contribution in [3.63, 3.8) is 0 Å². The van der Waals surface area contributed by atoms with E-state index in [0.717, 1.165) is 22.5 Å². The number of hydrogen-bond donors (Lipinski definition) is 1. The molecule has 1 fully saturated rings. The second kappa shape index (κ2) is 7.16.